The first-order chi connectivity index (χ1) is 14.5. The van der Waals surface area contributed by atoms with Crippen molar-refractivity contribution >= 4 is 38.9 Å². The summed E-state index contributed by atoms with van der Waals surface area (Å²) in [6.45, 7) is 1.82. The van der Waals surface area contributed by atoms with Gasteiger partial charge in [-0.15, -0.1) is 0 Å². The van der Waals surface area contributed by atoms with Gasteiger partial charge in [-0.25, -0.2) is 8.42 Å². The van der Waals surface area contributed by atoms with Crippen molar-refractivity contribution < 1.29 is 26.4 Å². The number of rotatable bonds is 5. The van der Waals surface area contributed by atoms with Crippen LogP contribution in [0.5, 0.6) is 0 Å². The van der Waals surface area contributed by atoms with Crippen LogP contribution in [0.15, 0.2) is 71.6 Å². The highest BCUT2D eigenvalue weighted by atomic mass is 35.5. The first kappa shape index (κ1) is 22.6. The van der Waals surface area contributed by atoms with E-state index in [4.69, 9.17) is 11.6 Å². The molecule has 0 aliphatic heterocycles. The topological polar surface area (TPSA) is 75.3 Å². The van der Waals surface area contributed by atoms with Crippen molar-refractivity contribution in [1.29, 1.82) is 0 Å². The smallest absolute Gasteiger partial charge is 0.322 e. The summed E-state index contributed by atoms with van der Waals surface area (Å²) >= 11 is 6.05. The zero-order valence-electron chi connectivity index (χ0n) is 16.0. The third kappa shape index (κ3) is 5.56. The van der Waals surface area contributed by atoms with E-state index in [1.807, 2.05) is 6.92 Å². The number of carbonyl (C=O) groups is 1. The summed E-state index contributed by atoms with van der Waals surface area (Å²) in [7, 11) is -3.92. The minimum atomic E-state index is -4.56. The Bertz CT molecular complexity index is 1230. The number of anilines is 2. The second-order valence-corrected chi connectivity index (χ2v) is 8.74. The molecule has 0 saturated carbocycles. The second kappa shape index (κ2) is 8.60. The van der Waals surface area contributed by atoms with Crippen molar-refractivity contribution in [2.24, 2.45) is 0 Å². The molecule has 0 fully saturated rings. The van der Waals surface area contributed by atoms with Crippen LogP contribution in [0.1, 0.15) is 21.5 Å². The summed E-state index contributed by atoms with van der Waals surface area (Å²) < 4.78 is 66.1. The van der Waals surface area contributed by atoms with Gasteiger partial charge in [0.1, 0.15) is 0 Å². The number of hydrogen-bond donors (Lipinski definition) is 2. The molecule has 0 atom stereocenters. The molecule has 0 bridgehead atoms. The van der Waals surface area contributed by atoms with E-state index in [9.17, 15) is 26.4 Å². The van der Waals surface area contributed by atoms with Crippen LogP contribution in [0.3, 0.4) is 0 Å². The van der Waals surface area contributed by atoms with Gasteiger partial charge in [-0.2, -0.15) is 13.2 Å². The average Bonchev–Trinajstić information content (AvgIpc) is 2.69. The minimum absolute atomic E-state index is 0.00256. The van der Waals surface area contributed by atoms with Gasteiger partial charge in [-0.05, 0) is 55.5 Å². The maximum atomic E-state index is 12.9. The fourth-order valence-electron chi connectivity index (χ4n) is 2.67. The molecule has 0 unspecified atom stereocenters. The van der Waals surface area contributed by atoms with Crippen molar-refractivity contribution in [2.75, 3.05) is 10.0 Å². The van der Waals surface area contributed by atoms with E-state index in [2.05, 4.69) is 10.0 Å². The zero-order chi connectivity index (χ0) is 22.8. The highest BCUT2D eigenvalue weighted by Gasteiger charge is 2.30. The van der Waals surface area contributed by atoms with Gasteiger partial charge < -0.3 is 5.32 Å². The maximum absolute atomic E-state index is 12.9. The molecule has 2 N–H and O–H groups in total. The first-order valence-corrected chi connectivity index (χ1v) is 10.7. The molecular weight excluding hydrogens is 453 g/mol. The molecule has 10 heteroatoms. The third-order valence-electron chi connectivity index (χ3n) is 4.24. The van der Waals surface area contributed by atoms with Crippen LogP contribution in [0.2, 0.25) is 5.02 Å². The van der Waals surface area contributed by atoms with Crippen molar-refractivity contribution in [3.05, 3.63) is 88.4 Å². The number of amides is 1. The largest absolute Gasteiger partial charge is 0.416 e. The van der Waals surface area contributed by atoms with E-state index < -0.39 is 27.7 Å². The number of carbonyl (C=O) groups excluding carboxylic acids is 1. The minimum Gasteiger partial charge on any atom is -0.322 e. The van der Waals surface area contributed by atoms with Crippen molar-refractivity contribution in [1.82, 2.24) is 0 Å². The summed E-state index contributed by atoms with van der Waals surface area (Å²) in [4.78, 5) is 12.6. The fourth-order valence-corrected chi connectivity index (χ4v) is 3.92. The van der Waals surface area contributed by atoms with Crippen LogP contribution in [0, 0.1) is 6.92 Å². The molecule has 0 aromatic heterocycles. The van der Waals surface area contributed by atoms with Gasteiger partial charge >= 0.3 is 6.18 Å². The molecule has 3 aromatic rings. The third-order valence-corrected chi connectivity index (χ3v) is 5.97. The van der Waals surface area contributed by atoms with Gasteiger partial charge in [0, 0.05) is 11.4 Å². The Morgan fingerprint density at radius 2 is 1.61 bits per heavy atom. The molecule has 5 nitrogen and oxygen atoms in total. The van der Waals surface area contributed by atoms with E-state index >= 15 is 0 Å². The average molecular weight is 469 g/mol. The SMILES string of the molecule is Cc1ccc(S(=O)(=O)Nc2ccc(Cl)c(C(=O)Nc3cccc(C(F)(F)F)c3)c2)cc1. The monoisotopic (exact) mass is 468 g/mol. The lowest BCUT2D eigenvalue weighted by molar-refractivity contribution is -0.137. The van der Waals surface area contributed by atoms with Crippen LogP contribution < -0.4 is 10.0 Å². The molecule has 3 aromatic carbocycles. The number of hydrogen-bond acceptors (Lipinski definition) is 3. The molecule has 3 rings (SSSR count). The highest BCUT2D eigenvalue weighted by molar-refractivity contribution is 7.92. The Morgan fingerprint density at radius 1 is 0.935 bits per heavy atom. The molecule has 31 heavy (non-hydrogen) atoms. The standard InChI is InChI=1S/C21H16ClF3N2O3S/c1-13-5-8-17(9-6-13)31(29,30)27-16-7-10-19(22)18(12-16)20(28)26-15-4-2-3-14(11-15)21(23,24)25/h2-12,27H,1H3,(H,26,28). The molecule has 1 amide bonds. The fraction of sp³-hybridized carbons (Fsp3) is 0.0952. The number of aryl methyl sites for hydroxylation is 1. The van der Waals surface area contributed by atoms with E-state index in [1.54, 1.807) is 12.1 Å². The van der Waals surface area contributed by atoms with Crippen molar-refractivity contribution in [2.45, 2.75) is 18.0 Å². The Hall–Kier alpha value is -3.04. The van der Waals surface area contributed by atoms with E-state index in [0.29, 0.717) is 0 Å². The molecule has 0 saturated heterocycles. The summed E-state index contributed by atoms with van der Waals surface area (Å²) in [5.41, 5.74) is -0.154. The van der Waals surface area contributed by atoms with Gasteiger partial charge in [0.25, 0.3) is 15.9 Å². The lowest BCUT2D eigenvalue weighted by Crippen LogP contribution is -2.16. The van der Waals surface area contributed by atoms with Crippen molar-refractivity contribution in [3.63, 3.8) is 0 Å². The predicted molar refractivity (Wildman–Crippen MR) is 113 cm³/mol. The normalized spacial score (nSPS) is 11.8. The summed E-state index contributed by atoms with van der Waals surface area (Å²) in [5, 5.41) is 2.34. The van der Waals surface area contributed by atoms with Crippen LogP contribution in [-0.4, -0.2) is 14.3 Å². The molecule has 0 spiro atoms. The predicted octanol–water partition coefficient (Wildman–Crippen LogP) is 5.72. The van der Waals surface area contributed by atoms with Gasteiger partial charge in [0.2, 0.25) is 0 Å². The van der Waals surface area contributed by atoms with Gasteiger partial charge in [0.05, 0.1) is 21.0 Å². The molecule has 0 aliphatic carbocycles. The molecular formula is C21H16ClF3N2O3S. The number of benzene rings is 3. The number of halogens is 4. The van der Waals surface area contributed by atoms with Crippen LogP contribution in [-0.2, 0) is 16.2 Å². The first-order valence-electron chi connectivity index (χ1n) is 8.83. The maximum Gasteiger partial charge on any atom is 0.416 e. The zero-order valence-corrected chi connectivity index (χ0v) is 17.6. The van der Waals surface area contributed by atoms with E-state index in [-0.39, 0.29) is 26.9 Å². The number of sulfonamides is 1. The summed E-state index contributed by atoms with van der Waals surface area (Å²) in [5.74, 6) is -0.791. The van der Waals surface area contributed by atoms with Gasteiger partial charge in [-0.1, -0.05) is 35.4 Å². The number of alkyl halides is 3. The lowest BCUT2D eigenvalue weighted by atomic mass is 10.1. The molecule has 0 heterocycles. The highest BCUT2D eigenvalue weighted by Crippen LogP contribution is 2.31. The molecule has 0 aliphatic rings. The van der Waals surface area contributed by atoms with E-state index in [1.165, 1.54) is 36.4 Å². The summed E-state index contributed by atoms with van der Waals surface area (Å²) in [6, 6.07) is 14.2. The summed E-state index contributed by atoms with van der Waals surface area (Å²) in [6.07, 6.45) is -4.56. The Morgan fingerprint density at radius 3 is 2.26 bits per heavy atom. The Kier molecular flexibility index (Phi) is 6.28. The van der Waals surface area contributed by atoms with Crippen molar-refractivity contribution in [3.8, 4) is 0 Å². The Balaban J connectivity index is 1.84. The molecule has 162 valence electrons. The van der Waals surface area contributed by atoms with Gasteiger partial charge in [-0.3, -0.25) is 9.52 Å². The van der Waals surface area contributed by atoms with Crippen LogP contribution in [0.4, 0.5) is 24.5 Å². The van der Waals surface area contributed by atoms with Gasteiger partial charge in [0.15, 0.2) is 0 Å². The second-order valence-electron chi connectivity index (χ2n) is 6.65. The lowest BCUT2D eigenvalue weighted by Gasteiger charge is -2.12. The van der Waals surface area contributed by atoms with Crippen LogP contribution in [0.25, 0.3) is 0 Å². The van der Waals surface area contributed by atoms with E-state index in [0.717, 1.165) is 23.8 Å². The quantitative estimate of drug-likeness (QED) is 0.503. The van der Waals surface area contributed by atoms with Crippen LogP contribution >= 0.6 is 11.6 Å². The molecule has 0 radical (unpaired) electrons. The Labute approximate surface area is 181 Å². The number of nitrogens with one attached hydrogen (secondary N) is 2.